The van der Waals surface area contributed by atoms with Gasteiger partial charge in [0.05, 0.1) is 0 Å². The number of allylic oxidation sites excluding steroid dienone is 1. The Hall–Kier alpha value is -1.28. The highest BCUT2D eigenvalue weighted by Gasteiger charge is 2.00. The van der Waals surface area contributed by atoms with Crippen LogP contribution in [0.1, 0.15) is 32.8 Å². The second kappa shape index (κ2) is 7.93. The summed E-state index contributed by atoms with van der Waals surface area (Å²) in [6.45, 7) is 7.01. The third-order valence-corrected chi connectivity index (χ3v) is 3.02. The summed E-state index contributed by atoms with van der Waals surface area (Å²) in [6, 6.07) is 8.98. The van der Waals surface area contributed by atoms with E-state index in [1.807, 2.05) is 7.05 Å². The minimum absolute atomic E-state index is 0.568. The summed E-state index contributed by atoms with van der Waals surface area (Å²) in [5.41, 5.74) is 2.65. The molecule has 0 heterocycles. The average molecular weight is 247 g/mol. The number of rotatable bonds is 7. The predicted molar refractivity (Wildman–Crippen MR) is 78.2 cm³/mol. The highest BCUT2D eigenvalue weighted by Crippen LogP contribution is 2.14. The molecule has 1 atom stereocenters. The van der Waals surface area contributed by atoms with Gasteiger partial charge in [-0.15, -0.1) is 0 Å². The third kappa shape index (κ3) is 5.87. The first-order valence-electron chi connectivity index (χ1n) is 6.64. The van der Waals surface area contributed by atoms with Gasteiger partial charge in [0, 0.05) is 6.04 Å². The summed E-state index contributed by atoms with van der Waals surface area (Å²) in [4.78, 5) is 0. The van der Waals surface area contributed by atoms with Crippen LogP contribution in [0.3, 0.4) is 0 Å². The molecule has 0 radical (unpaired) electrons. The molecular weight excluding hydrogens is 222 g/mol. The van der Waals surface area contributed by atoms with Crippen LogP contribution in [0.15, 0.2) is 35.9 Å². The first-order chi connectivity index (χ1) is 8.61. The lowest BCUT2D eigenvalue weighted by atomic mass is 10.1. The molecule has 1 N–H and O–H groups in total. The van der Waals surface area contributed by atoms with Crippen LogP contribution < -0.4 is 10.1 Å². The summed E-state index contributed by atoms with van der Waals surface area (Å²) < 4.78 is 5.63. The summed E-state index contributed by atoms with van der Waals surface area (Å²) in [6.07, 6.45) is 4.35. The minimum atomic E-state index is 0.568. The molecule has 1 aromatic rings. The van der Waals surface area contributed by atoms with Gasteiger partial charge >= 0.3 is 0 Å². The van der Waals surface area contributed by atoms with Crippen LogP contribution in [-0.2, 0) is 6.42 Å². The first kappa shape index (κ1) is 14.8. The lowest BCUT2D eigenvalue weighted by Crippen LogP contribution is -2.21. The quantitative estimate of drug-likeness (QED) is 0.744. The lowest BCUT2D eigenvalue weighted by Gasteiger charge is -2.10. The van der Waals surface area contributed by atoms with Crippen molar-refractivity contribution in [3.8, 4) is 5.75 Å². The number of ether oxygens (including phenoxy) is 1. The molecule has 0 aliphatic carbocycles. The Labute approximate surface area is 111 Å². The smallest absolute Gasteiger partial charge is 0.119 e. The average Bonchev–Trinajstić information content (AvgIpc) is 2.37. The Morgan fingerprint density at radius 1 is 1.28 bits per heavy atom. The molecule has 0 saturated carbocycles. The molecule has 0 fully saturated rings. The fourth-order valence-electron chi connectivity index (χ4n) is 1.58. The molecule has 1 aromatic carbocycles. The molecule has 0 aromatic heterocycles. The highest BCUT2D eigenvalue weighted by molar-refractivity contribution is 5.27. The zero-order chi connectivity index (χ0) is 13.4. The first-order valence-corrected chi connectivity index (χ1v) is 6.64. The monoisotopic (exact) mass is 247 g/mol. The van der Waals surface area contributed by atoms with Crippen molar-refractivity contribution < 1.29 is 4.74 Å². The molecule has 0 spiro atoms. The van der Waals surface area contributed by atoms with E-state index in [9.17, 15) is 0 Å². The van der Waals surface area contributed by atoms with E-state index in [4.69, 9.17) is 4.74 Å². The highest BCUT2D eigenvalue weighted by atomic mass is 16.5. The van der Waals surface area contributed by atoms with Crippen molar-refractivity contribution in [2.45, 2.75) is 39.7 Å². The van der Waals surface area contributed by atoms with Gasteiger partial charge in [0.1, 0.15) is 12.4 Å². The molecule has 2 heteroatoms. The van der Waals surface area contributed by atoms with E-state index in [1.54, 1.807) is 0 Å². The molecule has 1 unspecified atom stereocenters. The zero-order valence-electron chi connectivity index (χ0n) is 12.0. The van der Waals surface area contributed by atoms with Gasteiger partial charge in [-0.1, -0.05) is 17.7 Å². The molecule has 100 valence electrons. The Morgan fingerprint density at radius 2 is 1.94 bits per heavy atom. The zero-order valence-corrected chi connectivity index (χ0v) is 12.0. The number of benzene rings is 1. The van der Waals surface area contributed by atoms with E-state index in [0.29, 0.717) is 12.6 Å². The maximum absolute atomic E-state index is 5.63. The predicted octanol–water partition coefficient (Wildman–Crippen LogP) is 3.57. The van der Waals surface area contributed by atoms with E-state index in [2.05, 4.69) is 56.4 Å². The van der Waals surface area contributed by atoms with Crippen molar-refractivity contribution in [3.05, 3.63) is 41.5 Å². The number of nitrogens with one attached hydrogen (secondary N) is 1. The molecular formula is C16H25NO. The second-order valence-electron chi connectivity index (χ2n) is 4.96. The van der Waals surface area contributed by atoms with Crippen LogP contribution >= 0.6 is 0 Å². The molecule has 1 rings (SSSR count). The topological polar surface area (TPSA) is 21.3 Å². The van der Waals surface area contributed by atoms with E-state index in [1.165, 1.54) is 11.1 Å². The SMILES string of the molecule is CNC(C)CCc1ccc(OCC=C(C)C)cc1. The van der Waals surface area contributed by atoms with Crippen molar-refractivity contribution in [2.75, 3.05) is 13.7 Å². The van der Waals surface area contributed by atoms with Gasteiger partial charge in [-0.3, -0.25) is 0 Å². The standard InChI is InChI=1S/C16H25NO/c1-13(2)11-12-18-16-9-7-15(8-10-16)6-5-14(3)17-4/h7-11,14,17H,5-6,12H2,1-4H3. The Bertz CT molecular complexity index is 363. The lowest BCUT2D eigenvalue weighted by molar-refractivity contribution is 0.362. The van der Waals surface area contributed by atoms with Gasteiger partial charge < -0.3 is 10.1 Å². The van der Waals surface area contributed by atoms with Crippen LogP contribution in [-0.4, -0.2) is 19.7 Å². The van der Waals surface area contributed by atoms with Gasteiger partial charge in [0.25, 0.3) is 0 Å². The maximum atomic E-state index is 5.63. The van der Waals surface area contributed by atoms with Crippen LogP contribution in [0.5, 0.6) is 5.75 Å². The van der Waals surface area contributed by atoms with Gasteiger partial charge in [-0.2, -0.15) is 0 Å². The normalized spacial score (nSPS) is 12.0. The maximum Gasteiger partial charge on any atom is 0.119 e. The van der Waals surface area contributed by atoms with Crippen LogP contribution in [0.4, 0.5) is 0 Å². The fourth-order valence-corrected chi connectivity index (χ4v) is 1.58. The number of hydrogen-bond acceptors (Lipinski definition) is 2. The number of hydrogen-bond donors (Lipinski definition) is 1. The summed E-state index contributed by atoms with van der Waals surface area (Å²) in [5, 5.41) is 3.25. The van der Waals surface area contributed by atoms with Crippen molar-refractivity contribution in [2.24, 2.45) is 0 Å². The van der Waals surface area contributed by atoms with E-state index >= 15 is 0 Å². The van der Waals surface area contributed by atoms with Gasteiger partial charge in [-0.05, 0) is 64.4 Å². The van der Waals surface area contributed by atoms with E-state index in [0.717, 1.165) is 18.6 Å². The van der Waals surface area contributed by atoms with E-state index in [-0.39, 0.29) is 0 Å². The summed E-state index contributed by atoms with van der Waals surface area (Å²) in [7, 11) is 2.00. The number of aryl methyl sites for hydroxylation is 1. The summed E-state index contributed by atoms with van der Waals surface area (Å²) in [5.74, 6) is 0.943. The molecule has 18 heavy (non-hydrogen) atoms. The van der Waals surface area contributed by atoms with Crippen LogP contribution in [0, 0.1) is 0 Å². The largest absolute Gasteiger partial charge is 0.490 e. The van der Waals surface area contributed by atoms with Gasteiger partial charge in [0.2, 0.25) is 0 Å². The van der Waals surface area contributed by atoms with Gasteiger partial charge in [-0.25, -0.2) is 0 Å². The molecule has 2 nitrogen and oxygen atoms in total. The van der Waals surface area contributed by atoms with Crippen molar-refractivity contribution >= 4 is 0 Å². The Balaban J connectivity index is 2.40. The minimum Gasteiger partial charge on any atom is -0.490 e. The fraction of sp³-hybridized carbons (Fsp3) is 0.500. The van der Waals surface area contributed by atoms with Crippen molar-refractivity contribution in [1.29, 1.82) is 0 Å². The van der Waals surface area contributed by atoms with E-state index < -0.39 is 0 Å². The second-order valence-corrected chi connectivity index (χ2v) is 4.96. The van der Waals surface area contributed by atoms with Crippen LogP contribution in [0.25, 0.3) is 0 Å². The molecule has 0 amide bonds. The Kier molecular flexibility index (Phi) is 6.51. The third-order valence-electron chi connectivity index (χ3n) is 3.02. The molecule has 0 saturated heterocycles. The van der Waals surface area contributed by atoms with Gasteiger partial charge in [0.15, 0.2) is 0 Å². The summed E-state index contributed by atoms with van der Waals surface area (Å²) >= 11 is 0. The van der Waals surface area contributed by atoms with Crippen molar-refractivity contribution in [1.82, 2.24) is 5.32 Å². The van der Waals surface area contributed by atoms with Crippen molar-refractivity contribution in [3.63, 3.8) is 0 Å². The molecule has 0 aliphatic heterocycles. The molecule has 0 bridgehead atoms. The Morgan fingerprint density at radius 3 is 2.50 bits per heavy atom. The van der Waals surface area contributed by atoms with Crippen LogP contribution in [0.2, 0.25) is 0 Å². The molecule has 0 aliphatic rings.